The van der Waals surface area contributed by atoms with Gasteiger partial charge >= 0.3 is 0 Å². The Labute approximate surface area is 199 Å². The van der Waals surface area contributed by atoms with Crippen LogP contribution < -0.4 is 4.74 Å². The molecule has 178 valence electrons. The molecule has 1 amide bonds. The largest absolute Gasteiger partial charge is 0.473 e. The van der Waals surface area contributed by atoms with Gasteiger partial charge in [-0.15, -0.1) is 5.10 Å². The number of aromatic nitrogens is 5. The van der Waals surface area contributed by atoms with Crippen LogP contribution in [-0.2, 0) is 4.79 Å². The molecule has 0 unspecified atom stereocenters. The number of hydrogen-bond acceptors (Lipinski definition) is 5. The molecular weight excluding hydrogens is 428 g/mol. The summed E-state index contributed by atoms with van der Waals surface area (Å²) in [5, 5.41) is 13.0. The molecule has 0 aliphatic heterocycles. The molecule has 0 saturated heterocycles. The van der Waals surface area contributed by atoms with E-state index in [1.165, 1.54) is 0 Å². The number of amides is 1. The minimum Gasteiger partial charge on any atom is -0.473 e. The highest BCUT2D eigenvalue weighted by Gasteiger charge is 2.25. The van der Waals surface area contributed by atoms with Gasteiger partial charge in [-0.3, -0.25) is 9.89 Å². The van der Waals surface area contributed by atoms with E-state index in [0.717, 1.165) is 70.9 Å². The highest BCUT2D eigenvalue weighted by atomic mass is 16.5. The first-order valence-corrected chi connectivity index (χ1v) is 12.0. The Morgan fingerprint density at radius 3 is 2.65 bits per heavy atom. The van der Waals surface area contributed by atoms with Crippen LogP contribution in [0.5, 0.6) is 5.88 Å². The van der Waals surface area contributed by atoms with Gasteiger partial charge in [0.1, 0.15) is 12.4 Å². The molecule has 0 radical (unpaired) electrons. The van der Waals surface area contributed by atoms with Crippen molar-refractivity contribution in [3.8, 4) is 17.0 Å². The van der Waals surface area contributed by atoms with Crippen molar-refractivity contribution in [2.45, 2.75) is 58.5 Å². The topological polar surface area (TPSA) is 88.4 Å². The van der Waals surface area contributed by atoms with E-state index >= 15 is 0 Å². The summed E-state index contributed by atoms with van der Waals surface area (Å²) in [7, 11) is 3.64. The van der Waals surface area contributed by atoms with Crippen molar-refractivity contribution in [1.82, 2.24) is 29.7 Å². The Bertz CT molecular complexity index is 1330. The van der Waals surface area contributed by atoms with Gasteiger partial charge < -0.3 is 9.64 Å². The molecule has 0 spiro atoms. The van der Waals surface area contributed by atoms with Gasteiger partial charge in [0.25, 0.3) is 0 Å². The van der Waals surface area contributed by atoms with E-state index in [-0.39, 0.29) is 12.0 Å². The highest BCUT2D eigenvalue weighted by Crippen LogP contribution is 2.35. The summed E-state index contributed by atoms with van der Waals surface area (Å²) in [5.74, 6) is 1.51. The molecule has 1 aromatic carbocycles. The number of nitrogens with zero attached hydrogens (tertiary/aromatic N) is 5. The van der Waals surface area contributed by atoms with Gasteiger partial charge in [-0.25, -0.2) is 9.50 Å². The van der Waals surface area contributed by atoms with Crippen molar-refractivity contribution >= 4 is 22.5 Å². The van der Waals surface area contributed by atoms with Crippen LogP contribution in [0.3, 0.4) is 0 Å². The predicted molar refractivity (Wildman–Crippen MR) is 132 cm³/mol. The lowest BCUT2D eigenvalue weighted by Crippen LogP contribution is -2.26. The Morgan fingerprint density at radius 2 is 1.88 bits per heavy atom. The average Bonchev–Trinajstić information content (AvgIpc) is 3.46. The molecule has 8 heteroatoms. The van der Waals surface area contributed by atoms with Crippen LogP contribution in [0.4, 0.5) is 0 Å². The summed E-state index contributed by atoms with van der Waals surface area (Å²) in [5.41, 5.74) is 6.25. The van der Waals surface area contributed by atoms with E-state index in [1.54, 1.807) is 11.2 Å². The summed E-state index contributed by atoms with van der Waals surface area (Å²) in [6, 6.07) is 6.45. The van der Waals surface area contributed by atoms with E-state index in [4.69, 9.17) is 4.74 Å². The number of fused-ring (bicyclic) bond motifs is 2. The van der Waals surface area contributed by atoms with Crippen molar-refractivity contribution < 1.29 is 9.53 Å². The Kier molecular flexibility index (Phi) is 5.98. The molecule has 1 aliphatic rings. The minimum absolute atomic E-state index is 0.170. The van der Waals surface area contributed by atoms with Crippen LogP contribution in [0.2, 0.25) is 0 Å². The van der Waals surface area contributed by atoms with Crippen LogP contribution in [0.15, 0.2) is 30.7 Å². The van der Waals surface area contributed by atoms with Crippen LogP contribution in [0.1, 0.15) is 49.7 Å². The Balaban J connectivity index is 1.29. The molecule has 1 aliphatic carbocycles. The fourth-order valence-electron chi connectivity index (χ4n) is 5.08. The lowest BCUT2D eigenvalue weighted by Gasteiger charge is -2.28. The Hall–Kier alpha value is -3.42. The number of hydrogen-bond donors (Lipinski definition) is 1. The molecule has 0 bridgehead atoms. The van der Waals surface area contributed by atoms with Gasteiger partial charge in [-0.2, -0.15) is 5.10 Å². The summed E-state index contributed by atoms with van der Waals surface area (Å²) in [6.07, 6.45) is 9.57. The van der Waals surface area contributed by atoms with Crippen LogP contribution in [-0.4, -0.2) is 55.8 Å². The zero-order valence-electron chi connectivity index (χ0n) is 20.3. The number of pyridine rings is 1. The normalized spacial score (nSPS) is 18.5. The molecule has 8 nitrogen and oxygen atoms in total. The van der Waals surface area contributed by atoms with Crippen LogP contribution in [0.25, 0.3) is 27.7 Å². The standard InChI is InChI=1S/C26H32N6O2/c1-16-11-19(20-12-17(2)25-27-15-28-32(25)14-20)13-22-24(16)26(30-29-22)34-21-8-5-18(6-9-21)7-10-23(33)31(3)4/h11-15,18,21H,5-10H2,1-4H3,(H,29,30). The second-order valence-electron chi connectivity index (χ2n) is 9.77. The fraction of sp³-hybridized carbons (Fsp3) is 0.462. The third-order valence-corrected chi connectivity index (χ3v) is 7.06. The monoisotopic (exact) mass is 460 g/mol. The summed E-state index contributed by atoms with van der Waals surface area (Å²) < 4.78 is 8.19. The van der Waals surface area contributed by atoms with E-state index in [0.29, 0.717) is 18.2 Å². The number of aryl methyl sites for hydroxylation is 2. The molecule has 1 fully saturated rings. The zero-order chi connectivity index (χ0) is 23.8. The summed E-state index contributed by atoms with van der Waals surface area (Å²) >= 11 is 0. The molecular formula is C26H32N6O2. The van der Waals surface area contributed by atoms with Gasteiger partial charge in [0.2, 0.25) is 11.8 Å². The predicted octanol–water partition coefficient (Wildman–Crippen LogP) is 4.70. The van der Waals surface area contributed by atoms with Crippen molar-refractivity contribution in [3.63, 3.8) is 0 Å². The molecule has 3 aromatic heterocycles. The van der Waals surface area contributed by atoms with Gasteiger partial charge in [0, 0.05) is 32.3 Å². The second kappa shape index (κ2) is 9.08. The third-order valence-electron chi connectivity index (χ3n) is 7.06. The van der Waals surface area contributed by atoms with Crippen molar-refractivity contribution in [2.24, 2.45) is 5.92 Å². The molecule has 4 aromatic rings. The minimum atomic E-state index is 0.170. The summed E-state index contributed by atoms with van der Waals surface area (Å²) in [6.45, 7) is 4.16. The number of benzene rings is 1. The Morgan fingerprint density at radius 1 is 1.12 bits per heavy atom. The lowest BCUT2D eigenvalue weighted by atomic mass is 9.84. The molecule has 0 atom stereocenters. The quantitative estimate of drug-likeness (QED) is 0.451. The SMILES string of the molecule is Cc1cc(-c2cc(C)c3ncnn3c2)cc2[nH]nc(OC3CCC(CCC(=O)N(C)C)CC3)c12. The van der Waals surface area contributed by atoms with Gasteiger partial charge in [-0.1, -0.05) is 6.07 Å². The second-order valence-corrected chi connectivity index (χ2v) is 9.77. The third kappa shape index (κ3) is 4.36. The first-order chi connectivity index (χ1) is 16.4. The maximum atomic E-state index is 11.9. The highest BCUT2D eigenvalue weighted by molar-refractivity contribution is 5.91. The molecule has 1 saturated carbocycles. The van der Waals surface area contributed by atoms with Crippen LogP contribution in [0, 0.1) is 19.8 Å². The molecule has 1 N–H and O–H groups in total. The number of rotatable bonds is 6. The van der Waals surface area contributed by atoms with E-state index in [2.05, 4.69) is 52.3 Å². The number of nitrogens with one attached hydrogen (secondary N) is 1. The number of aromatic amines is 1. The fourth-order valence-corrected chi connectivity index (χ4v) is 5.08. The maximum Gasteiger partial charge on any atom is 0.241 e. The lowest BCUT2D eigenvalue weighted by molar-refractivity contribution is -0.129. The molecule has 34 heavy (non-hydrogen) atoms. The molecule has 5 rings (SSSR count). The molecule has 3 heterocycles. The van der Waals surface area contributed by atoms with E-state index in [9.17, 15) is 4.79 Å². The zero-order valence-corrected chi connectivity index (χ0v) is 20.3. The number of carbonyl (C=O) groups is 1. The van der Waals surface area contributed by atoms with Gasteiger partial charge in [0.05, 0.1) is 10.9 Å². The van der Waals surface area contributed by atoms with Crippen LogP contribution >= 0.6 is 0 Å². The first-order valence-electron chi connectivity index (χ1n) is 12.0. The average molecular weight is 461 g/mol. The first kappa shape index (κ1) is 22.4. The van der Waals surface area contributed by atoms with Crippen molar-refractivity contribution in [2.75, 3.05) is 14.1 Å². The number of carbonyl (C=O) groups excluding carboxylic acids is 1. The van der Waals surface area contributed by atoms with Crippen molar-refractivity contribution in [1.29, 1.82) is 0 Å². The van der Waals surface area contributed by atoms with Crippen molar-refractivity contribution in [3.05, 3.63) is 41.9 Å². The van der Waals surface area contributed by atoms with E-state index in [1.807, 2.05) is 24.8 Å². The maximum absolute atomic E-state index is 11.9. The van der Waals surface area contributed by atoms with E-state index < -0.39 is 0 Å². The number of H-pyrrole nitrogens is 1. The number of ether oxygens (including phenoxy) is 1. The smallest absolute Gasteiger partial charge is 0.241 e. The van der Waals surface area contributed by atoms with Gasteiger partial charge in [0.15, 0.2) is 5.65 Å². The summed E-state index contributed by atoms with van der Waals surface area (Å²) in [4.78, 5) is 17.9. The van der Waals surface area contributed by atoms with Gasteiger partial charge in [-0.05, 0) is 80.7 Å².